The molecule has 90 valence electrons. The van der Waals surface area contributed by atoms with Crippen molar-refractivity contribution >= 4 is 39.3 Å². The third-order valence-electron chi connectivity index (χ3n) is 2.26. The van der Waals surface area contributed by atoms with Crippen molar-refractivity contribution in [1.29, 1.82) is 0 Å². The van der Waals surface area contributed by atoms with Crippen molar-refractivity contribution in [2.24, 2.45) is 0 Å². The van der Waals surface area contributed by atoms with Gasteiger partial charge in [-0.25, -0.2) is 9.97 Å². The van der Waals surface area contributed by atoms with Gasteiger partial charge in [0.2, 0.25) is 0 Å². The second kappa shape index (κ2) is 7.48. The summed E-state index contributed by atoms with van der Waals surface area (Å²) in [4.78, 5) is 10.5. The van der Waals surface area contributed by atoms with E-state index in [4.69, 9.17) is 11.6 Å². The Labute approximate surface area is 114 Å². The molecular formula is C10H15BrClN3S. The van der Waals surface area contributed by atoms with Crippen LogP contribution in [-0.4, -0.2) is 40.3 Å². The molecule has 0 radical (unpaired) electrons. The van der Waals surface area contributed by atoms with Crippen LogP contribution in [0.5, 0.6) is 0 Å². The van der Waals surface area contributed by atoms with Crippen LogP contribution in [0.25, 0.3) is 0 Å². The fraction of sp³-hybridized carbons (Fsp3) is 0.600. The molecule has 0 saturated carbocycles. The van der Waals surface area contributed by atoms with Gasteiger partial charge in [0.05, 0.1) is 4.47 Å². The molecule has 0 unspecified atom stereocenters. The fourth-order valence-corrected chi connectivity index (χ4v) is 2.87. The summed E-state index contributed by atoms with van der Waals surface area (Å²) in [7, 11) is 0. The van der Waals surface area contributed by atoms with Crippen LogP contribution in [0.15, 0.2) is 15.8 Å². The monoisotopic (exact) mass is 323 g/mol. The van der Waals surface area contributed by atoms with Crippen LogP contribution in [0.4, 0.5) is 0 Å². The standard InChI is InChI=1S/C10H15BrClN3S/c1-3-15(4-2)5-6-16-10-8(11)9(12)13-7-14-10/h7H,3-6H2,1-2H3. The summed E-state index contributed by atoms with van der Waals surface area (Å²) < 4.78 is 0.793. The van der Waals surface area contributed by atoms with Gasteiger partial charge in [-0.05, 0) is 29.0 Å². The topological polar surface area (TPSA) is 29.0 Å². The zero-order valence-electron chi connectivity index (χ0n) is 9.41. The summed E-state index contributed by atoms with van der Waals surface area (Å²) in [6.45, 7) is 7.58. The summed E-state index contributed by atoms with van der Waals surface area (Å²) in [6.07, 6.45) is 1.49. The first kappa shape index (κ1) is 14.2. The van der Waals surface area contributed by atoms with Gasteiger partial charge in [0, 0.05) is 12.3 Å². The van der Waals surface area contributed by atoms with E-state index in [2.05, 4.69) is 44.6 Å². The Kier molecular flexibility index (Phi) is 6.65. The lowest BCUT2D eigenvalue weighted by Gasteiger charge is -2.17. The van der Waals surface area contributed by atoms with Crippen molar-refractivity contribution in [3.63, 3.8) is 0 Å². The SMILES string of the molecule is CCN(CC)CCSc1ncnc(Cl)c1Br. The van der Waals surface area contributed by atoms with Crippen molar-refractivity contribution in [2.45, 2.75) is 18.9 Å². The first-order valence-electron chi connectivity index (χ1n) is 5.20. The molecular weight excluding hydrogens is 310 g/mol. The molecule has 0 fully saturated rings. The van der Waals surface area contributed by atoms with Crippen LogP contribution < -0.4 is 0 Å². The number of nitrogens with zero attached hydrogens (tertiary/aromatic N) is 3. The van der Waals surface area contributed by atoms with Gasteiger partial charge in [-0.3, -0.25) is 0 Å². The third-order valence-corrected chi connectivity index (χ3v) is 4.75. The number of aromatic nitrogens is 2. The van der Waals surface area contributed by atoms with Crippen LogP contribution in [0, 0.1) is 0 Å². The van der Waals surface area contributed by atoms with Gasteiger partial charge in [0.25, 0.3) is 0 Å². The number of halogens is 2. The molecule has 0 N–H and O–H groups in total. The molecule has 1 aromatic heterocycles. The lowest BCUT2D eigenvalue weighted by molar-refractivity contribution is 0.324. The van der Waals surface area contributed by atoms with Crippen LogP contribution in [-0.2, 0) is 0 Å². The Morgan fingerprint density at radius 2 is 2.06 bits per heavy atom. The molecule has 0 aliphatic heterocycles. The van der Waals surface area contributed by atoms with Crippen molar-refractivity contribution in [3.8, 4) is 0 Å². The van der Waals surface area contributed by atoms with E-state index in [9.17, 15) is 0 Å². The highest BCUT2D eigenvalue weighted by molar-refractivity contribution is 9.10. The van der Waals surface area contributed by atoms with Gasteiger partial charge in [-0.2, -0.15) is 0 Å². The largest absolute Gasteiger partial charge is 0.303 e. The van der Waals surface area contributed by atoms with E-state index in [-0.39, 0.29) is 0 Å². The van der Waals surface area contributed by atoms with Crippen molar-refractivity contribution in [3.05, 3.63) is 16.0 Å². The highest BCUT2D eigenvalue weighted by Crippen LogP contribution is 2.29. The average Bonchev–Trinajstić information content (AvgIpc) is 2.30. The van der Waals surface area contributed by atoms with Gasteiger partial charge in [-0.1, -0.05) is 25.4 Å². The maximum Gasteiger partial charge on any atom is 0.147 e. The van der Waals surface area contributed by atoms with E-state index in [1.165, 1.54) is 6.33 Å². The maximum atomic E-state index is 5.89. The van der Waals surface area contributed by atoms with E-state index in [0.717, 1.165) is 34.9 Å². The quantitative estimate of drug-likeness (QED) is 0.593. The Morgan fingerprint density at radius 3 is 2.69 bits per heavy atom. The normalized spacial score (nSPS) is 11.1. The van der Waals surface area contributed by atoms with Crippen LogP contribution in [0.2, 0.25) is 5.15 Å². The summed E-state index contributed by atoms with van der Waals surface area (Å²) in [5.41, 5.74) is 0. The van der Waals surface area contributed by atoms with E-state index in [0.29, 0.717) is 5.15 Å². The van der Waals surface area contributed by atoms with Crippen LogP contribution in [0.3, 0.4) is 0 Å². The molecule has 0 amide bonds. The Hall–Kier alpha value is 0.160. The number of thioether (sulfide) groups is 1. The Bertz CT molecular complexity index is 334. The first-order chi connectivity index (χ1) is 7.69. The second-order valence-corrected chi connectivity index (χ2v) is 5.39. The van der Waals surface area contributed by atoms with E-state index < -0.39 is 0 Å². The summed E-state index contributed by atoms with van der Waals surface area (Å²) in [6, 6.07) is 0. The molecule has 0 saturated heterocycles. The average molecular weight is 325 g/mol. The highest BCUT2D eigenvalue weighted by Gasteiger charge is 2.07. The van der Waals surface area contributed by atoms with Crippen molar-refractivity contribution < 1.29 is 0 Å². The molecule has 6 heteroatoms. The van der Waals surface area contributed by atoms with Gasteiger partial charge < -0.3 is 4.90 Å². The van der Waals surface area contributed by atoms with Crippen LogP contribution >= 0.6 is 39.3 Å². The number of hydrogen-bond donors (Lipinski definition) is 0. The van der Waals surface area contributed by atoms with Crippen LogP contribution in [0.1, 0.15) is 13.8 Å². The summed E-state index contributed by atoms with van der Waals surface area (Å²) in [5, 5.41) is 1.38. The van der Waals surface area contributed by atoms with E-state index in [1.807, 2.05) is 0 Å². The molecule has 1 aromatic rings. The predicted molar refractivity (Wildman–Crippen MR) is 73.3 cm³/mol. The minimum absolute atomic E-state index is 0.473. The van der Waals surface area contributed by atoms with Crippen molar-refractivity contribution in [1.82, 2.24) is 14.9 Å². The Balaban J connectivity index is 2.46. The minimum atomic E-state index is 0.473. The molecule has 1 rings (SSSR count). The highest BCUT2D eigenvalue weighted by atomic mass is 79.9. The van der Waals surface area contributed by atoms with Gasteiger partial charge >= 0.3 is 0 Å². The predicted octanol–water partition coefficient (Wildman–Crippen LogP) is 3.33. The zero-order chi connectivity index (χ0) is 12.0. The van der Waals surface area contributed by atoms with E-state index in [1.54, 1.807) is 11.8 Å². The van der Waals surface area contributed by atoms with Gasteiger partial charge in [0.1, 0.15) is 16.5 Å². The molecule has 0 aliphatic rings. The molecule has 0 aromatic carbocycles. The first-order valence-corrected chi connectivity index (χ1v) is 7.35. The molecule has 0 spiro atoms. The Morgan fingerprint density at radius 1 is 1.38 bits per heavy atom. The molecule has 1 heterocycles. The molecule has 3 nitrogen and oxygen atoms in total. The smallest absolute Gasteiger partial charge is 0.147 e. The van der Waals surface area contributed by atoms with Gasteiger partial charge in [0.15, 0.2) is 0 Å². The summed E-state index contributed by atoms with van der Waals surface area (Å²) >= 11 is 11.0. The lowest BCUT2D eigenvalue weighted by atomic mass is 10.5. The zero-order valence-corrected chi connectivity index (χ0v) is 12.6. The maximum absolute atomic E-state index is 5.89. The molecule has 16 heavy (non-hydrogen) atoms. The van der Waals surface area contributed by atoms with Crippen molar-refractivity contribution in [2.75, 3.05) is 25.4 Å². The van der Waals surface area contributed by atoms with E-state index >= 15 is 0 Å². The lowest BCUT2D eigenvalue weighted by Crippen LogP contribution is -2.25. The minimum Gasteiger partial charge on any atom is -0.303 e. The third kappa shape index (κ3) is 4.20. The molecule has 0 atom stereocenters. The molecule has 0 bridgehead atoms. The number of rotatable bonds is 6. The fourth-order valence-electron chi connectivity index (χ4n) is 1.25. The second-order valence-electron chi connectivity index (χ2n) is 3.16. The summed E-state index contributed by atoms with van der Waals surface area (Å²) in [5.74, 6) is 1.01. The number of hydrogen-bond acceptors (Lipinski definition) is 4. The van der Waals surface area contributed by atoms with Gasteiger partial charge in [-0.15, -0.1) is 11.8 Å². The molecule has 0 aliphatic carbocycles.